The summed E-state index contributed by atoms with van der Waals surface area (Å²) in [5, 5.41) is 15.3. The molecule has 0 unspecified atom stereocenters. The number of halogens is 1. The summed E-state index contributed by atoms with van der Waals surface area (Å²) in [5.41, 5.74) is 0.951. The molecule has 0 saturated heterocycles. The summed E-state index contributed by atoms with van der Waals surface area (Å²) in [5.74, 6) is 0.425. The molecule has 0 aliphatic heterocycles. The Morgan fingerprint density at radius 2 is 2.00 bits per heavy atom. The van der Waals surface area contributed by atoms with Crippen molar-refractivity contribution in [1.82, 2.24) is 0 Å². The summed E-state index contributed by atoms with van der Waals surface area (Å²) in [4.78, 5) is 12.3. The van der Waals surface area contributed by atoms with Crippen LogP contribution in [0.2, 0.25) is 5.02 Å². The standard InChI is InChI=1S/C18H16ClN3O3/c1-24-15-6-7-17(25-2)16(9-15)22-18(23)12(10-20)11-21-14-5-3-4-13(19)8-14/h3-9,11,21H,1-2H3,(H,22,23)/b12-11-. The molecule has 0 aliphatic rings. The van der Waals surface area contributed by atoms with Crippen molar-refractivity contribution in [3.8, 4) is 17.6 Å². The number of hydrogen-bond donors (Lipinski definition) is 2. The van der Waals surface area contributed by atoms with Gasteiger partial charge in [-0.15, -0.1) is 0 Å². The molecule has 128 valence electrons. The topological polar surface area (TPSA) is 83.4 Å². The summed E-state index contributed by atoms with van der Waals surface area (Å²) in [6.07, 6.45) is 1.31. The molecule has 0 bridgehead atoms. The average molecular weight is 358 g/mol. The van der Waals surface area contributed by atoms with E-state index in [1.165, 1.54) is 20.4 Å². The van der Waals surface area contributed by atoms with Gasteiger partial charge in [0.05, 0.1) is 19.9 Å². The van der Waals surface area contributed by atoms with Crippen molar-refractivity contribution < 1.29 is 14.3 Å². The number of nitriles is 1. The van der Waals surface area contributed by atoms with Gasteiger partial charge in [-0.05, 0) is 30.3 Å². The number of anilines is 2. The Morgan fingerprint density at radius 1 is 1.20 bits per heavy atom. The van der Waals surface area contributed by atoms with Gasteiger partial charge in [0.15, 0.2) is 0 Å². The molecule has 0 radical (unpaired) electrons. The molecule has 2 aromatic carbocycles. The van der Waals surface area contributed by atoms with Crippen molar-refractivity contribution in [2.45, 2.75) is 0 Å². The molecule has 0 saturated carbocycles. The lowest BCUT2D eigenvalue weighted by Gasteiger charge is -2.11. The molecule has 7 heteroatoms. The third kappa shape index (κ3) is 4.90. The zero-order chi connectivity index (χ0) is 18.2. The van der Waals surface area contributed by atoms with Gasteiger partial charge in [0, 0.05) is 23.0 Å². The highest BCUT2D eigenvalue weighted by Crippen LogP contribution is 2.29. The number of nitrogens with zero attached hydrogens (tertiary/aromatic N) is 1. The molecule has 6 nitrogen and oxygen atoms in total. The van der Waals surface area contributed by atoms with Crippen LogP contribution in [0.15, 0.2) is 54.2 Å². The number of ether oxygens (including phenoxy) is 2. The molecule has 2 N–H and O–H groups in total. The van der Waals surface area contributed by atoms with Gasteiger partial charge < -0.3 is 20.1 Å². The molecule has 0 aromatic heterocycles. The Kier molecular flexibility index (Phi) is 6.26. The van der Waals surface area contributed by atoms with Gasteiger partial charge in [0.2, 0.25) is 0 Å². The number of nitrogens with one attached hydrogen (secondary N) is 2. The van der Waals surface area contributed by atoms with Crippen molar-refractivity contribution >= 4 is 28.9 Å². The lowest BCUT2D eigenvalue weighted by molar-refractivity contribution is -0.112. The Morgan fingerprint density at radius 3 is 2.64 bits per heavy atom. The van der Waals surface area contributed by atoms with Crippen LogP contribution in [-0.4, -0.2) is 20.1 Å². The van der Waals surface area contributed by atoms with E-state index in [0.29, 0.717) is 27.9 Å². The van der Waals surface area contributed by atoms with Crippen LogP contribution >= 0.6 is 11.6 Å². The SMILES string of the molecule is COc1ccc(OC)c(NC(=O)/C(C#N)=C\Nc2cccc(Cl)c2)c1. The molecule has 2 aromatic rings. The van der Waals surface area contributed by atoms with Crippen LogP contribution in [0.5, 0.6) is 11.5 Å². The van der Waals surface area contributed by atoms with Crippen molar-refractivity contribution in [3.05, 3.63) is 59.3 Å². The maximum absolute atomic E-state index is 12.3. The van der Waals surface area contributed by atoms with E-state index >= 15 is 0 Å². The molecule has 0 atom stereocenters. The molecule has 0 heterocycles. The van der Waals surface area contributed by atoms with E-state index in [0.717, 1.165) is 0 Å². The first-order chi connectivity index (χ1) is 12.1. The number of carbonyl (C=O) groups excluding carboxylic acids is 1. The van der Waals surface area contributed by atoms with Crippen molar-refractivity contribution in [2.75, 3.05) is 24.9 Å². The predicted octanol–water partition coefficient (Wildman–Crippen LogP) is 3.82. The zero-order valence-electron chi connectivity index (χ0n) is 13.7. The largest absolute Gasteiger partial charge is 0.497 e. The van der Waals surface area contributed by atoms with Gasteiger partial charge in [-0.25, -0.2) is 0 Å². The van der Waals surface area contributed by atoms with Gasteiger partial charge in [0.1, 0.15) is 23.1 Å². The lowest BCUT2D eigenvalue weighted by atomic mass is 10.2. The predicted molar refractivity (Wildman–Crippen MR) is 96.9 cm³/mol. The van der Waals surface area contributed by atoms with Crippen molar-refractivity contribution in [3.63, 3.8) is 0 Å². The molecular formula is C18H16ClN3O3. The fourth-order valence-corrected chi connectivity index (χ4v) is 2.17. The van der Waals surface area contributed by atoms with E-state index in [9.17, 15) is 10.1 Å². The summed E-state index contributed by atoms with van der Waals surface area (Å²) in [6, 6.07) is 13.7. The van der Waals surface area contributed by atoms with Crippen LogP contribution in [0.4, 0.5) is 11.4 Å². The van der Waals surface area contributed by atoms with E-state index in [2.05, 4.69) is 10.6 Å². The van der Waals surface area contributed by atoms with E-state index in [-0.39, 0.29) is 5.57 Å². The van der Waals surface area contributed by atoms with Crippen molar-refractivity contribution in [1.29, 1.82) is 5.26 Å². The maximum Gasteiger partial charge on any atom is 0.267 e. The minimum absolute atomic E-state index is 0.107. The maximum atomic E-state index is 12.3. The molecule has 25 heavy (non-hydrogen) atoms. The number of rotatable bonds is 6. The molecule has 0 fully saturated rings. The highest BCUT2D eigenvalue weighted by Gasteiger charge is 2.13. The average Bonchev–Trinajstić information content (AvgIpc) is 2.62. The Labute approximate surface area is 150 Å². The molecule has 1 amide bonds. The zero-order valence-corrected chi connectivity index (χ0v) is 14.4. The quantitative estimate of drug-likeness (QED) is 0.606. The molecule has 2 rings (SSSR count). The minimum atomic E-state index is -0.580. The Hall–Kier alpha value is -3.17. The number of carbonyl (C=O) groups is 1. The summed E-state index contributed by atoms with van der Waals surface area (Å²) in [6.45, 7) is 0. The fourth-order valence-electron chi connectivity index (χ4n) is 1.98. The fraction of sp³-hybridized carbons (Fsp3) is 0.111. The Bertz CT molecular complexity index is 844. The first-order valence-corrected chi connectivity index (χ1v) is 7.61. The van der Waals surface area contributed by atoms with Crippen molar-refractivity contribution in [2.24, 2.45) is 0 Å². The molecule has 0 spiro atoms. The van der Waals surface area contributed by atoms with Crippen LogP contribution in [0, 0.1) is 11.3 Å². The minimum Gasteiger partial charge on any atom is -0.497 e. The number of benzene rings is 2. The lowest BCUT2D eigenvalue weighted by Crippen LogP contribution is -2.15. The van der Waals surface area contributed by atoms with E-state index in [1.807, 2.05) is 6.07 Å². The first-order valence-electron chi connectivity index (χ1n) is 7.23. The molecule has 0 aliphatic carbocycles. The number of methoxy groups -OCH3 is 2. The van der Waals surface area contributed by atoms with Gasteiger partial charge in [-0.2, -0.15) is 5.26 Å². The number of amides is 1. The summed E-state index contributed by atoms with van der Waals surface area (Å²) in [7, 11) is 3.00. The highest BCUT2D eigenvalue weighted by atomic mass is 35.5. The normalized spacial score (nSPS) is 10.6. The third-order valence-electron chi connectivity index (χ3n) is 3.23. The number of hydrogen-bond acceptors (Lipinski definition) is 5. The van der Waals surface area contributed by atoms with Crippen LogP contribution in [0.25, 0.3) is 0 Å². The van der Waals surface area contributed by atoms with Crippen LogP contribution in [0.1, 0.15) is 0 Å². The van der Waals surface area contributed by atoms with Gasteiger partial charge in [-0.1, -0.05) is 17.7 Å². The summed E-state index contributed by atoms with van der Waals surface area (Å²) >= 11 is 5.90. The third-order valence-corrected chi connectivity index (χ3v) is 3.46. The van der Waals surface area contributed by atoms with Crippen LogP contribution in [0.3, 0.4) is 0 Å². The second kappa shape index (κ2) is 8.62. The second-order valence-electron chi connectivity index (χ2n) is 4.84. The van der Waals surface area contributed by atoms with E-state index in [1.54, 1.807) is 42.5 Å². The summed E-state index contributed by atoms with van der Waals surface area (Å²) < 4.78 is 10.3. The second-order valence-corrected chi connectivity index (χ2v) is 5.28. The Balaban J connectivity index is 2.17. The van der Waals surface area contributed by atoms with E-state index in [4.69, 9.17) is 21.1 Å². The van der Waals surface area contributed by atoms with Gasteiger partial charge >= 0.3 is 0 Å². The van der Waals surface area contributed by atoms with Gasteiger partial charge in [0.25, 0.3) is 5.91 Å². The van der Waals surface area contributed by atoms with Gasteiger partial charge in [-0.3, -0.25) is 4.79 Å². The molecular weight excluding hydrogens is 342 g/mol. The first kappa shape index (κ1) is 18.2. The van der Waals surface area contributed by atoms with Crippen LogP contribution in [-0.2, 0) is 4.79 Å². The van der Waals surface area contributed by atoms with E-state index < -0.39 is 5.91 Å². The highest BCUT2D eigenvalue weighted by molar-refractivity contribution is 6.30. The van der Waals surface area contributed by atoms with Crippen LogP contribution < -0.4 is 20.1 Å². The monoisotopic (exact) mass is 357 g/mol. The smallest absolute Gasteiger partial charge is 0.267 e.